The number of rotatable bonds is 3. The van der Waals surface area contributed by atoms with Gasteiger partial charge in [0.05, 0.1) is 6.26 Å². The quantitative estimate of drug-likeness (QED) is 0.399. The van der Waals surface area contributed by atoms with E-state index >= 15 is 0 Å². The van der Waals surface area contributed by atoms with E-state index in [0.717, 1.165) is 12.7 Å². The second-order valence-electron chi connectivity index (χ2n) is 1.78. The lowest BCUT2D eigenvalue weighted by Crippen LogP contribution is -1.66. The van der Waals surface area contributed by atoms with Gasteiger partial charge in [-0.1, -0.05) is 19.4 Å². The van der Waals surface area contributed by atoms with Crippen LogP contribution in [-0.2, 0) is 0 Å². The molecule has 0 amide bonds. The Morgan fingerprint density at radius 1 is 1.64 bits per heavy atom. The zero-order chi connectivity index (χ0) is 9.11. The summed E-state index contributed by atoms with van der Waals surface area (Å²) in [7, 11) is 0. The summed E-state index contributed by atoms with van der Waals surface area (Å²) in [4.78, 5) is 8.77. The zero-order valence-electron chi connectivity index (χ0n) is 6.46. The lowest BCUT2D eigenvalue weighted by molar-refractivity contribution is 0.220. The van der Waals surface area contributed by atoms with Crippen LogP contribution in [0.25, 0.3) is 0 Å². The molecule has 0 heterocycles. The molecule has 0 bridgehead atoms. The predicted molar refractivity (Wildman–Crippen MR) is 45.2 cm³/mol. The summed E-state index contributed by atoms with van der Waals surface area (Å²) in [6.45, 7) is 2.13. The van der Waals surface area contributed by atoms with E-state index in [1.807, 2.05) is 0 Å². The van der Waals surface area contributed by atoms with E-state index < -0.39 is 5.43 Å². The first-order valence-corrected chi connectivity index (χ1v) is 3.70. The normalized spacial score (nSPS) is 8.91. The maximum absolute atomic E-state index is 8.77. The van der Waals surface area contributed by atoms with Gasteiger partial charge in [-0.15, -0.1) is 0 Å². The molecule has 2 N–H and O–H groups in total. The van der Waals surface area contributed by atoms with Crippen molar-refractivity contribution >= 4 is 17.0 Å². The van der Waals surface area contributed by atoms with E-state index in [4.69, 9.17) is 15.0 Å². The summed E-state index contributed by atoms with van der Waals surface area (Å²) in [6.07, 6.45) is 6.26. The molecule has 3 nitrogen and oxygen atoms in total. The van der Waals surface area contributed by atoms with Crippen molar-refractivity contribution in [3.8, 4) is 0 Å². The van der Waals surface area contributed by atoms with Gasteiger partial charge in [0, 0.05) is 11.6 Å². The maximum atomic E-state index is 8.77. The van der Waals surface area contributed by atoms with Gasteiger partial charge < -0.3 is 10.2 Å². The number of aliphatic hydroxyl groups is 1. The number of allylic oxidation sites excluding steroid dienone is 1. The third kappa shape index (κ3) is 45.5. The predicted octanol–water partition coefficient (Wildman–Crippen LogP) is 3.15. The molecule has 0 radical (unpaired) electrons. The van der Waals surface area contributed by atoms with E-state index in [0.29, 0.717) is 0 Å². The number of carboxylic acid groups (broad SMARTS) is 1. The van der Waals surface area contributed by atoms with Crippen molar-refractivity contribution in [2.45, 2.75) is 26.2 Å². The van der Waals surface area contributed by atoms with Gasteiger partial charge in [-0.3, -0.25) is 0 Å². The molecule has 4 heteroatoms. The number of hydrogen-bond donors (Lipinski definition) is 2. The van der Waals surface area contributed by atoms with Gasteiger partial charge in [-0.05, 0) is 12.8 Å². The molecule has 0 aliphatic carbocycles. The summed E-state index contributed by atoms with van der Waals surface area (Å²) in [5, 5.41) is 15.3. The van der Waals surface area contributed by atoms with Crippen LogP contribution in [-0.4, -0.2) is 15.6 Å². The highest BCUT2D eigenvalue weighted by Gasteiger charge is 1.74. The molecule has 66 valence electrons. The zero-order valence-corrected chi connectivity index (χ0v) is 7.21. The monoisotopic (exact) mass is 180 g/mol. The molecular weight excluding hydrogens is 168 g/mol. The van der Waals surface area contributed by atoms with E-state index in [-0.39, 0.29) is 0 Å². The fraction of sp³-hybridized carbons (Fsp3) is 0.571. The lowest BCUT2D eigenvalue weighted by atomic mass is 10.2. The van der Waals surface area contributed by atoms with Gasteiger partial charge >= 0.3 is 5.43 Å². The molecule has 0 atom stereocenters. The minimum absolute atomic E-state index is 1.01. The number of carbonyl (C=O) groups is 1. The van der Waals surface area contributed by atoms with Crippen molar-refractivity contribution < 1.29 is 15.0 Å². The molecule has 0 unspecified atom stereocenters. The second-order valence-corrected chi connectivity index (χ2v) is 2.10. The third-order valence-electron chi connectivity index (χ3n) is 0.830. The Bertz CT molecular complexity index is 108. The minimum atomic E-state index is -1.36. The van der Waals surface area contributed by atoms with Gasteiger partial charge in [-0.25, -0.2) is 4.79 Å². The fourth-order valence-electron chi connectivity index (χ4n) is 0.397. The van der Waals surface area contributed by atoms with Crippen LogP contribution in [0.2, 0.25) is 0 Å². The highest BCUT2D eigenvalue weighted by atomic mass is 35.5. The Morgan fingerprint density at radius 2 is 2.09 bits per heavy atom. The first-order valence-electron chi connectivity index (χ1n) is 3.32. The lowest BCUT2D eigenvalue weighted by Gasteiger charge is -1.83. The first-order chi connectivity index (χ1) is 5.15. The average Bonchev–Trinajstić information content (AvgIpc) is 1.88. The standard InChI is InChI=1S/C6H12O.CHClO2/c1-2-3-4-5-6-7;2-1(3)4/h5-7H,2-4H2,1H3;(H,3,4). The molecule has 0 aliphatic heterocycles. The largest absolute Gasteiger partial charge is 0.516 e. The van der Waals surface area contributed by atoms with Crippen molar-refractivity contribution in [2.24, 2.45) is 0 Å². The Morgan fingerprint density at radius 3 is 2.36 bits per heavy atom. The van der Waals surface area contributed by atoms with Crippen LogP contribution in [0.5, 0.6) is 0 Å². The van der Waals surface area contributed by atoms with Gasteiger partial charge in [0.2, 0.25) is 0 Å². The second kappa shape index (κ2) is 12.0. The van der Waals surface area contributed by atoms with Crippen LogP contribution in [0.1, 0.15) is 26.2 Å². The van der Waals surface area contributed by atoms with Crippen LogP contribution in [0.15, 0.2) is 12.3 Å². The van der Waals surface area contributed by atoms with Crippen LogP contribution in [0.4, 0.5) is 4.79 Å². The van der Waals surface area contributed by atoms with Crippen molar-refractivity contribution in [1.29, 1.82) is 0 Å². The molecule has 0 aromatic rings. The van der Waals surface area contributed by atoms with Gasteiger partial charge in [0.15, 0.2) is 0 Å². The first kappa shape index (κ1) is 12.9. The molecule has 0 fully saturated rings. The highest BCUT2D eigenvalue weighted by Crippen LogP contribution is 1.92. The van der Waals surface area contributed by atoms with Crippen molar-refractivity contribution in [3.63, 3.8) is 0 Å². The maximum Gasteiger partial charge on any atom is 0.401 e. The number of unbranched alkanes of at least 4 members (excludes halogenated alkanes) is 2. The summed E-state index contributed by atoms with van der Waals surface area (Å²) in [6, 6.07) is 0. The van der Waals surface area contributed by atoms with Gasteiger partial charge in [0.1, 0.15) is 0 Å². The molecule has 0 aromatic carbocycles. The Labute approximate surface area is 71.3 Å². The summed E-state index contributed by atoms with van der Waals surface area (Å²) >= 11 is 4.19. The van der Waals surface area contributed by atoms with E-state index in [2.05, 4.69) is 18.5 Å². The fourth-order valence-corrected chi connectivity index (χ4v) is 0.397. The van der Waals surface area contributed by atoms with Crippen LogP contribution < -0.4 is 0 Å². The SMILES string of the molecule is CCCCC=CO.O=C(O)Cl. The summed E-state index contributed by atoms with van der Waals surface area (Å²) < 4.78 is 0. The van der Waals surface area contributed by atoms with Crippen LogP contribution in [0, 0.1) is 0 Å². The van der Waals surface area contributed by atoms with Gasteiger partial charge in [-0.2, -0.15) is 0 Å². The van der Waals surface area contributed by atoms with E-state index in [1.54, 1.807) is 6.08 Å². The third-order valence-corrected chi connectivity index (χ3v) is 0.830. The molecule has 0 aromatic heterocycles. The number of halogens is 1. The van der Waals surface area contributed by atoms with Gasteiger partial charge in [0.25, 0.3) is 0 Å². The van der Waals surface area contributed by atoms with E-state index in [1.165, 1.54) is 12.8 Å². The Kier molecular flexibility index (Phi) is 14.1. The highest BCUT2D eigenvalue weighted by molar-refractivity contribution is 6.60. The van der Waals surface area contributed by atoms with Crippen molar-refractivity contribution in [3.05, 3.63) is 12.3 Å². The van der Waals surface area contributed by atoms with Crippen LogP contribution in [0.3, 0.4) is 0 Å². The smallest absolute Gasteiger partial charge is 0.401 e. The van der Waals surface area contributed by atoms with Crippen molar-refractivity contribution in [2.75, 3.05) is 0 Å². The van der Waals surface area contributed by atoms with Crippen molar-refractivity contribution in [1.82, 2.24) is 0 Å². The molecule has 0 rings (SSSR count). The molecule has 11 heavy (non-hydrogen) atoms. The Balaban J connectivity index is 0. The molecular formula is C7H13ClO3. The van der Waals surface area contributed by atoms with E-state index in [9.17, 15) is 0 Å². The summed E-state index contributed by atoms with van der Waals surface area (Å²) in [5.74, 6) is 0. The number of hydrogen-bond acceptors (Lipinski definition) is 2. The summed E-state index contributed by atoms with van der Waals surface area (Å²) in [5.41, 5.74) is -1.36. The van der Waals surface area contributed by atoms with Crippen LogP contribution >= 0.6 is 11.6 Å². The molecule has 0 saturated heterocycles. The minimum Gasteiger partial charge on any atom is -0.516 e. The average molecular weight is 181 g/mol. The molecule has 0 spiro atoms. The molecule has 0 saturated carbocycles. The molecule has 0 aliphatic rings. The number of aliphatic hydroxyl groups excluding tert-OH is 1. The topological polar surface area (TPSA) is 57.5 Å². The Hall–Kier alpha value is -0.700.